The van der Waals surface area contributed by atoms with E-state index in [1.807, 2.05) is 0 Å². The molecule has 1 saturated carbocycles. The second-order valence-electron chi connectivity index (χ2n) is 6.71. The molecule has 1 heterocycles. The summed E-state index contributed by atoms with van der Waals surface area (Å²) in [6.45, 7) is 0. The summed E-state index contributed by atoms with van der Waals surface area (Å²) in [5.74, 6) is 0.179. The topological polar surface area (TPSA) is 90.5 Å². The highest BCUT2D eigenvalue weighted by atomic mass is 32.2. The predicted molar refractivity (Wildman–Crippen MR) is 102 cm³/mol. The highest BCUT2D eigenvalue weighted by Gasteiger charge is 2.18. The van der Waals surface area contributed by atoms with Gasteiger partial charge in [0.15, 0.2) is 5.58 Å². The molecule has 0 radical (unpaired) electrons. The van der Waals surface area contributed by atoms with Crippen LogP contribution < -0.4 is 15.2 Å². The summed E-state index contributed by atoms with van der Waals surface area (Å²) in [4.78, 5) is 11.7. The fraction of sp³-hybridized carbons (Fsp3) is 0.316. The second-order valence-corrected chi connectivity index (χ2v) is 8.39. The van der Waals surface area contributed by atoms with Crippen LogP contribution in [-0.4, -0.2) is 19.1 Å². The Morgan fingerprint density at radius 2 is 1.81 bits per heavy atom. The first kappa shape index (κ1) is 17.7. The molecule has 0 amide bonds. The Hall–Kier alpha value is -2.74. The Bertz CT molecular complexity index is 1120. The van der Waals surface area contributed by atoms with Gasteiger partial charge >= 0.3 is 5.76 Å². The van der Waals surface area contributed by atoms with E-state index in [1.54, 1.807) is 37.4 Å². The molecule has 3 aromatic rings. The number of nitrogens with one attached hydrogen (secondary N) is 1. The maximum atomic E-state index is 12.6. The van der Waals surface area contributed by atoms with Crippen LogP contribution in [0, 0.1) is 0 Å². The van der Waals surface area contributed by atoms with E-state index in [0.29, 0.717) is 22.5 Å². The standard InChI is InChI=1S/C19H20N2O5S/c1-21-17-12-13(6-11-18(17)26-19(21)22)20-27(23,24)16-9-7-15(8-10-16)25-14-4-2-3-5-14/h6-12,14,20H,2-5H2,1H3. The van der Waals surface area contributed by atoms with E-state index in [-0.39, 0.29) is 11.0 Å². The van der Waals surface area contributed by atoms with Crippen molar-refractivity contribution in [2.45, 2.75) is 36.7 Å². The Morgan fingerprint density at radius 3 is 2.52 bits per heavy atom. The third-order valence-electron chi connectivity index (χ3n) is 4.78. The maximum absolute atomic E-state index is 12.6. The van der Waals surface area contributed by atoms with Crippen LogP contribution in [0.5, 0.6) is 5.75 Å². The van der Waals surface area contributed by atoms with Gasteiger partial charge in [-0.05, 0) is 68.1 Å². The van der Waals surface area contributed by atoms with E-state index in [1.165, 1.54) is 29.5 Å². The first-order valence-corrected chi connectivity index (χ1v) is 10.3. The average Bonchev–Trinajstić information content (AvgIpc) is 3.24. The molecule has 0 aliphatic heterocycles. The highest BCUT2D eigenvalue weighted by Crippen LogP contribution is 2.26. The molecule has 0 bridgehead atoms. The van der Waals surface area contributed by atoms with Crippen molar-refractivity contribution in [3.05, 3.63) is 53.0 Å². The minimum atomic E-state index is -3.76. The largest absolute Gasteiger partial charge is 0.490 e. The Morgan fingerprint density at radius 1 is 1.11 bits per heavy atom. The number of ether oxygens (including phenoxy) is 1. The molecule has 0 unspecified atom stereocenters. The number of hydrogen-bond acceptors (Lipinski definition) is 5. The van der Waals surface area contributed by atoms with Gasteiger partial charge in [0.05, 0.1) is 22.2 Å². The SMILES string of the molecule is Cn1c(=O)oc2ccc(NS(=O)(=O)c3ccc(OC4CCCC4)cc3)cc21. The van der Waals surface area contributed by atoms with Crippen molar-refractivity contribution in [1.29, 1.82) is 0 Å². The summed E-state index contributed by atoms with van der Waals surface area (Å²) in [5.41, 5.74) is 1.27. The van der Waals surface area contributed by atoms with E-state index in [0.717, 1.165) is 12.8 Å². The zero-order chi connectivity index (χ0) is 19.0. The fourth-order valence-corrected chi connectivity index (χ4v) is 4.35. The molecule has 142 valence electrons. The lowest BCUT2D eigenvalue weighted by Crippen LogP contribution is -2.14. The molecule has 1 aliphatic carbocycles. The number of rotatable bonds is 5. The Balaban J connectivity index is 1.54. The van der Waals surface area contributed by atoms with Crippen molar-refractivity contribution >= 4 is 26.8 Å². The lowest BCUT2D eigenvalue weighted by atomic mass is 10.3. The number of anilines is 1. The van der Waals surface area contributed by atoms with E-state index in [2.05, 4.69) is 4.72 Å². The molecule has 0 spiro atoms. The van der Waals surface area contributed by atoms with Gasteiger partial charge in [-0.25, -0.2) is 13.2 Å². The van der Waals surface area contributed by atoms with Crippen LogP contribution in [0.2, 0.25) is 0 Å². The molecule has 1 aliphatic rings. The van der Waals surface area contributed by atoms with E-state index in [9.17, 15) is 13.2 Å². The van der Waals surface area contributed by atoms with Crippen molar-refractivity contribution < 1.29 is 17.6 Å². The van der Waals surface area contributed by atoms with E-state index < -0.39 is 15.8 Å². The summed E-state index contributed by atoms with van der Waals surface area (Å²) in [7, 11) is -2.19. The van der Waals surface area contributed by atoms with E-state index in [4.69, 9.17) is 9.15 Å². The predicted octanol–water partition coefficient (Wildman–Crippen LogP) is 3.25. The molecule has 8 heteroatoms. The number of benzene rings is 2. The van der Waals surface area contributed by atoms with Gasteiger partial charge in [0.2, 0.25) is 0 Å². The molecule has 4 rings (SSSR count). The number of nitrogens with zero attached hydrogens (tertiary/aromatic N) is 1. The summed E-state index contributed by atoms with van der Waals surface area (Å²) >= 11 is 0. The number of aromatic nitrogens is 1. The highest BCUT2D eigenvalue weighted by molar-refractivity contribution is 7.92. The van der Waals surface area contributed by atoms with Gasteiger partial charge in [0.25, 0.3) is 10.0 Å². The molecular formula is C19H20N2O5S. The minimum absolute atomic E-state index is 0.141. The molecular weight excluding hydrogens is 368 g/mol. The summed E-state index contributed by atoms with van der Waals surface area (Å²) in [5, 5.41) is 0. The normalized spacial score (nSPS) is 15.3. The number of oxazole rings is 1. The van der Waals surface area contributed by atoms with Crippen molar-refractivity contribution in [3.8, 4) is 5.75 Å². The molecule has 27 heavy (non-hydrogen) atoms. The van der Waals surface area contributed by atoms with Gasteiger partial charge in [0.1, 0.15) is 5.75 Å². The van der Waals surface area contributed by atoms with Crippen LogP contribution in [-0.2, 0) is 17.1 Å². The van der Waals surface area contributed by atoms with Gasteiger partial charge in [0, 0.05) is 7.05 Å². The molecule has 7 nitrogen and oxygen atoms in total. The number of sulfonamides is 1. The van der Waals surface area contributed by atoms with Crippen LogP contribution in [0.25, 0.3) is 11.1 Å². The molecule has 1 N–H and O–H groups in total. The van der Waals surface area contributed by atoms with Crippen molar-refractivity contribution in [3.63, 3.8) is 0 Å². The van der Waals surface area contributed by atoms with Crippen molar-refractivity contribution in [2.75, 3.05) is 4.72 Å². The first-order valence-electron chi connectivity index (χ1n) is 8.81. The van der Waals surface area contributed by atoms with Gasteiger partial charge in [-0.15, -0.1) is 0 Å². The third kappa shape index (κ3) is 3.57. The number of aryl methyl sites for hydroxylation is 1. The van der Waals surface area contributed by atoms with E-state index >= 15 is 0 Å². The molecule has 0 atom stereocenters. The maximum Gasteiger partial charge on any atom is 0.419 e. The zero-order valence-electron chi connectivity index (χ0n) is 14.8. The Kier molecular flexibility index (Phi) is 4.43. The lowest BCUT2D eigenvalue weighted by Gasteiger charge is -2.13. The molecule has 2 aromatic carbocycles. The summed E-state index contributed by atoms with van der Waals surface area (Å²) in [6.07, 6.45) is 4.65. The number of hydrogen-bond donors (Lipinski definition) is 1. The van der Waals surface area contributed by atoms with Crippen LogP contribution in [0.15, 0.2) is 56.6 Å². The smallest absolute Gasteiger partial charge is 0.419 e. The van der Waals surface area contributed by atoms with Crippen LogP contribution in [0.1, 0.15) is 25.7 Å². The number of fused-ring (bicyclic) bond motifs is 1. The van der Waals surface area contributed by atoms with Gasteiger partial charge in [-0.3, -0.25) is 9.29 Å². The minimum Gasteiger partial charge on any atom is -0.490 e. The summed E-state index contributed by atoms with van der Waals surface area (Å²) < 4.78 is 40.1. The van der Waals surface area contributed by atoms with Crippen LogP contribution in [0.3, 0.4) is 0 Å². The lowest BCUT2D eigenvalue weighted by molar-refractivity contribution is 0.210. The Labute approximate surface area is 156 Å². The molecule has 1 aromatic heterocycles. The van der Waals surface area contributed by atoms with Crippen molar-refractivity contribution in [2.24, 2.45) is 7.05 Å². The van der Waals surface area contributed by atoms with Crippen LogP contribution >= 0.6 is 0 Å². The monoisotopic (exact) mass is 388 g/mol. The molecule has 0 saturated heterocycles. The van der Waals surface area contributed by atoms with Crippen molar-refractivity contribution in [1.82, 2.24) is 4.57 Å². The van der Waals surface area contributed by atoms with Gasteiger partial charge in [-0.2, -0.15) is 0 Å². The third-order valence-corrected chi connectivity index (χ3v) is 6.18. The quantitative estimate of drug-likeness (QED) is 0.724. The van der Waals surface area contributed by atoms with Gasteiger partial charge in [-0.1, -0.05) is 0 Å². The summed E-state index contributed by atoms with van der Waals surface area (Å²) in [6, 6.07) is 11.1. The van der Waals surface area contributed by atoms with Crippen LogP contribution in [0.4, 0.5) is 5.69 Å². The zero-order valence-corrected chi connectivity index (χ0v) is 15.7. The van der Waals surface area contributed by atoms with Gasteiger partial charge < -0.3 is 9.15 Å². The fourth-order valence-electron chi connectivity index (χ4n) is 3.30. The molecule has 1 fully saturated rings. The first-order chi connectivity index (χ1) is 12.9. The second kappa shape index (κ2) is 6.77. The average molecular weight is 388 g/mol.